The fraction of sp³-hybridized carbons (Fsp3) is 0.250. The van der Waals surface area contributed by atoms with E-state index >= 15 is 0 Å². The molecule has 2 nitrogen and oxygen atoms in total. The van der Waals surface area contributed by atoms with Crippen molar-refractivity contribution in [2.45, 2.75) is 0 Å². The van der Waals surface area contributed by atoms with Crippen LogP contribution in [0.5, 0.6) is 11.5 Å². The Bertz CT molecular complexity index is 297. The summed E-state index contributed by atoms with van der Waals surface area (Å²) in [6, 6.07) is 0.501. The number of ether oxygens (including phenoxy) is 2. The lowest BCUT2D eigenvalue weighted by Crippen LogP contribution is -1.99. The molecule has 0 bridgehead atoms. The van der Waals surface area contributed by atoms with Gasteiger partial charge in [-0.15, -0.1) is 0 Å². The lowest BCUT2D eigenvalue weighted by atomic mass is 10.3. The topological polar surface area (TPSA) is 18.5 Å². The van der Waals surface area contributed by atoms with Crippen LogP contribution < -0.4 is 9.47 Å². The molecule has 1 rings (SSSR count). The molecule has 0 aliphatic heterocycles. The Hall–Kier alpha value is -1.39. The molecule has 0 aliphatic rings. The highest BCUT2D eigenvalue weighted by Crippen LogP contribution is 2.31. The second-order valence-electron chi connectivity index (χ2n) is 2.22. The summed E-state index contributed by atoms with van der Waals surface area (Å²) >= 11 is 0. The molecule has 72 valence electrons. The van der Waals surface area contributed by atoms with Crippen LogP contribution in [0.25, 0.3) is 0 Å². The predicted molar refractivity (Wildman–Crippen MR) is 39.4 cm³/mol. The lowest BCUT2D eigenvalue weighted by Gasteiger charge is -2.07. The molecule has 0 unspecified atom stereocenters. The van der Waals surface area contributed by atoms with Crippen molar-refractivity contribution in [3.05, 3.63) is 23.5 Å². The second-order valence-corrected chi connectivity index (χ2v) is 2.22. The summed E-state index contributed by atoms with van der Waals surface area (Å²) in [6.45, 7) is 0. The largest absolute Gasteiger partial charge is 0.491 e. The Labute approximate surface area is 72.9 Å². The highest BCUT2D eigenvalue weighted by molar-refractivity contribution is 5.38. The van der Waals surface area contributed by atoms with Crippen LogP contribution in [0.15, 0.2) is 6.07 Å². The van der Waals surface area contributed by atoms with Gasteiger partial charge >= 0.3 is 0 Å². The Morgan fingerprint density at radius 2 is 1.31 bits per heavy atom. The molecule has 1 aromatic rings. The van der Waals surface area contributed by atoms with Gasteiger partial charge in [0.2, 0.25) is 5.82 Å². The molecule has 0 saturated heterocycles. The minimum absolute atomic E-state index is 0.501. The molecule has 5 heteroatoms. The zero-order valence-electron chi connectivity index (χ0n) is 7.03. The number of benzene rings is 1. The molecule has 0 amide bonds. The van der Waals surface area contributed by atoms with E-state index in [4.69, 9.17) is 0 Å². The van der Waals surface area contributed by atoms with Crippen molar-refractivity contribution in [3.63, 3.8) is 0 Å². The van der Waals surface area contributed by atoms with Gasteiger partial charge in [-0.3, -0.25) is 0 Å². The van der Waals surface area contributed by atoms with E-state index in [-0.39, 0.29) is 0 Å². The Morgan fingerprint density at radius 1 is 0.923 bits per heavy atom. The first-order valence-electron chi connectivity index (χ1n) is 3.37. The van der Waals surface area contributed by atoms with Crippen molar-refractivity contribution in [2.75, 3.05) is 14.2 Å². The molecule has 0 radical (unpaired) electrons. The molecule has 0 fully saturated rings. The lowest BCUT2D eigenvalue weighted by molar-refractivity contribution is 0.318. The smallest absolute Gasteiger partial charge is 0.212 e. The molecule has 0 aromatic heterocycles. The van der Waals surface area contributed by atoms with Crippen LogP contribution in [0, 0.1) is 17.5 Å². The van der Waals surface area contributed by atoms with Crippen molar-refractivity contribution in [1.29, 1.82) is 0 Å². The molecular weight excluding hydrogens is 185 g/mol. The van der Waals surface area contributed by atoms with E-state index in [0.29, 0.717) is 6.07 Å². The van der Waals surface area contributed by atoms with Gasteiger partial charge in [-0.1, -0.05) is 0 Å². The van der Waals surface area contributed by atoms with E-state index in [1.807, 2.05) is 0 Å². The predicted octanol–water partition coefficient (Wildman–Crippen LogP) is 2.12. The van der Waals surface area contributed by atoms with Crippen molar-refractivity contribution in [2.24, 2.45) is 0 Å². The van der Waals surface area contributed by atoms with E-state index in [1.165, 1.54) is 0 Å². The zero-order valence-corrected chi connectivity index (χ0v) is 7.03. The maximum absolute atomic E-state index is 13.1. The van der Waals surface area contributed by atoms with Gasteiger partial charge in [0.25, 0.3) is 0 Å². The Kier molecular flexibility index (Phi) is 2.65. The molecule has 0 spiro atoms. The average molecular weight is 192 g/mol. The Morgan fingerprint density at radius 3 is 1.62 bits per heavy atom. The summed E-state index contributed by atoms with van der Waals surface area (Å²) in [6.07, 6.45) is 0. The fourth-order valence-electron chi connectivity index (χ4n) is 0.929. The summed E-state index contributed by atoms with van der Waals surface area (Å²) in [5.41, 5.74) is 0. The third-order valence-electron chi connectivity index (χ3n) is 1.49. The Balaban J connectivity index is 3.39. The third kappa shape index (κ3) is 1.54. The van der Waals surface area contributed by atoms with Crippen molar-refractivity contribution in [1.82, 2.24) is 0 Å². The SMILES string of the molecule is COc1c(F)cc(F)c(OC)c1F. The minimum Gasteiger partial charge on any atom is -0.491 e. The average Bonchev–Trinajstić information content (AvgIpc) is 2.04. The van der Waals surface area contributed by atoms with Crippen molar-refractivity contribution >= 4 is 0 Å². The third-order valence-corrected chi connectivity index (χ3v) is 1.49. The second kappa shape index (κ2) is 3.55. The summed E-state index contributed by atoms with van der Waals surface area (Å²) in [4.78, 5) is 0. The van der Waals surface area contributed by atoms with E-state index in [2.05, 4.69) is 9.47 Å². The monoisotopic (exact) mass is 192 g/mol. The molecule has 0 aliphatic carbocycles. The minimum atomic E-state index is -1.18. The first kappa shape index (κ1) is 9.70. The summed E-state index contributed by atoms with van der Waals surface area (Å²) in [5, 5.41) is 0. The van der Waals surface area contributed by atoms with Crippen molar-refractivity contribution < 1.29 is 22.6 Å². The van der Waals surface area contributed by atoms with Crippen LogP contribution in [-0.2, 0) is 0 Å². The van der Waals surface area contributed by atoms with E-state index < -0.39 is 29.0 Å². The normalized spacial score (nSPS) is 9.92. The van der Waals surface area contributed by atoms with Gasteiger partial charge in [0.15, 0.2) is 23.1 Å². The van der Waals surface area contributed by atoms with Crippen LogP contribution in [0.2, 0.25) is 0 Å². The standard InChI is InChI=1S/C8H7F3O2/c1-12-7-4(9)3-5(10)8(13-2)6(7)11/h3H,1-2H3. The summed E-state index contributed by atoms with van der Waals surface area (Å²) in [7, 11) is 2.16. The summed E-state index contributed by atoms with van der Waals surface area (Å²) in [5.74, 6) is -4.68. The molecule has 0 atom stereocenters. The number of hydrogen-bond donors (Lipinski definition) is 0. The van der Waals surface area contributed by atoms with Crippen LogP contribution >= 0.6 is 0 Å². The highest BCUT2D eigenvalue weighted by atomic mass is 19.1. The number of rotatable bonds is 2. The highest BCUT2D eigenvalue weighted by Gasteiger charge is 2.19. The van der Waals surface area contributed by atoms with Gasteiger partial charge in [0.1, 0.15) is 0 Å². The molecular formula is C8H7F3O2. The van der Waals surface area contributed by atoms with Gasteiger partial charge in [-0.05, 0) is 0 Å². The van der Waals surface area contributed by atoms with Crippen LogP contribution in [-0.4, -0.2) is 14.2 Å². The van der Waals surface area contributed by atoms with Gasteiger partial charge in [0.05, 0.1) is 14.2 Å². The van der Waals surface area contributed by atoms with Gasteiger partial charge in [-0.25, -0.2) is 8.78 Å². The first-order chi connectivity index (χ1) is 6.11. The molecule has 0 heterocycles. The van der Waals surface area contributed by atoms with E-state index in [0.717, 1.165) is 14.2 Å². The molecule has 0 saturated carbocycles. The van der Waals surface area contributed by atoms with Crippen LogP contribution in [0.1, 0.15) is 0 Å². The fourth-order valence-corrected chi connectivity index (χ4v) is 0.929. The maximum atomic E-state index is 13.1. The van der Waals surface area contributed by atoms with Crippen molar-refractivity contribution in [3.8, 4) is 11.5 Å². The molecule has 13 heavy (non-hydrogen) atoms. The molecule has 0 N–H and O–H groups in total. The molecule has 1 aromatic carbocycles. The van der Waals surface area contributed by atoms with Gasteiger partial charge in [-0.2, -0.15) is 4.39 Å². The zero-order chi connectivity index (χ0) is 10.0. The van der Waals surface area contributed by atoms with Crippen LogP contribution in [0.4, 0.5) is 13.2 Å². The maximum Gasteiger partial charge on any atom is 0.212 e. The number of methoxy groups -OCH3 is 2. The van der Waals surface area contributed by atoms with Crippen LogP contribution in [0.3, 0.4) is 0 Å². The summed E-state index contributed by atoms with van der Waals surface area (Å²) < 4.78 is 47.4. The van der Waals surface area contributed by atoms with E-state index in [1.54, 1.807) is 0 Å². The first-order valence-corrected chi connectivity index (χ1v) is 3.37. The van der Waals surface area contributed by atoms with E-state index in [9.17, 15) is 13.2 Å². The van der Waals surface area contributed by atoms with Gasteiger partial charge in [0, 0.05) is 6.07 Å². The number of halogens is 3. The quantitative estimate of drug-likeness (QED) is 0.714. The van der Waals surface area contributed by atoms with Gasteiger partial charge < -0.3 is 9.47 Å². The number of hydrogen-bond acceptors (Lipinski definition) is 2.